The molecule has 0 aromatic heterocycles. The average Bonchev–Trinajstić information content (AvgIpc) is 2.01. The van der Waals surface area contributed by atoms with Crippen molar-refractivity contribution in [1.29, 1.82) is 0 Å². The summed E-state index contributed by atoms with van der Waals surface area (Å²) in [4.78, 5) is 11.1. The van der Waals surface area contributed by atoms with Gasteiger partial charge in [0.05, 0.1) is 0 Å². The predicted molar refractivity (Wildman–Crippen MR) is 52.6 cm³/mol. The molecule has 4 N–H and O–H groups in total. The van der Waals surface area contributed by atoms with E-state index in [0.29, 0.717) is 6.42 Å². The number of hydrazine groups is 2. The molecule has 0 fully saturated rings. The summed E-state index contributed by atoms with van der Waals surface area (Å²) in [6, 6.07) is -0.579. The van der Waals surface area contributed by atoms with E-state index in [4.69, 9.17) is 16.4 Å². The molecule has 0 amide bonds. The zero-order valence-electron chi connectivity index (χ0n) is 7.19. The van der Waals surface area contributed by atoms with Crippen molar-refractivity contribution in [3.63, 3.8) is 0 Å². The van der Waals surface area contributed by atoms with Gasteiger partial charge in [0.25, 0.3) is 0 Å². The Labute approximate surface area is 100 Å². The van der Waals surface area contributed by atoms with Crippen molar-refractivity contribution < 1.29 is 9.53 Å². The van der Waals surface area contributed by atoms with Crippen molar-refractivity contribution in [1.82, 2.24) is 5.12 Å². The van der Waals surface area contributed by atoms with Crippen LogP contribution in [0.1, 0.15) is 13.3 Å². The van der Waals surface area contributed by atoms with Gasteiger partial charge in [-0.15, -0.1) is 0 Å². The first-order chi connectivity index (χ1) is 5.63. The van der Waals surface area contributed by atoms with Crippen LogP contribution in [0.15, 0.2) is 12.7 Å². The van der Waals surface area contributed by atoms with Crippen molar-refractivity contribution in [2.75, 3.05) is 6.61 Å². The number of ether oxygens (including phenoxy) is 1. The molecule has 0 heterocycles. The maximum absolute atomic E-state index is 11.1. The molecule has 0 saturated heterocycles. The van der Waals surface area contributed by atoms with Gasteiger partial charge < -0.3 is 4.74 Å². The van der Waals surface area contributed by atoms with Gasteiger partial charge in [-0.25, -0.2) is 0 Å². The van der Waals surface area contributed by atoms with Gasteiger partial charge in [-0.05, 0) is 6.42 Å². The molecular weight excluding hydrogens is 181 g/mol. The second-order valence-corrected chi connectivity index (χ2v) is 2.29. The van der Waals surface area contributed by atoms with Gasteiger partial charge in [-0.1, -0.05) is 19.6 Å². The first-order valence-corrected chi connectivity index (χ1v) is 3.69. The Morgan fingerprint density at radius 1 is 1.69 bits per heavy atom. The number of hydrogen-bond donors (Lipinski definition) is 2. The van der Waals surface area contributed by atoms with E-state index in [0.717, 1.165) is 5.12 Å². The summed E-state index contributed by atoms with van der Waals surface area (Å²) in [6.07, 6.45) is 2.00. The molecule has 0 aliphatic heterocycles. The number of rotatable bonds is 5. The molecule has 5 nitrogen and oxygen atoms in total. The Balaban J connectivity index is 0. The topological polar surface area (TPSA) is 81.6 Å². The van der Waals surface area contributed by atoms with Crippen LogP contribution in [0.4, 0.5) is 0 Å². The number of carbonyl (C=O) groups excluding carboxylic acids is 1. The Hall–Kier alpha value is 0.0900. The van der Waals surface area contributed by atoms with Crippen LogP contribution in [-0.2, 0) is 9.53 Å². The Kier molecular flexibility index (Phi) is 10.4. The Morgan fingerprint density at radius 3 is 2.54 bits per heavy atom. The molecule has 0 bridgehead atoms. The number of nitrogens with zero attached hydrogens (tertiary/aromatic N) is 1. The zero-order valence-corrected chi connectivity index (χ0v) is 7.19. The fraction of sp³-hybridized carbons (Fsp3) is 0.571. The molecule has 1 unspecified atom stereocenters. The molecule has 0 aliphatic rings. The molecular formula is C7H16N3NaO2. The minimum atomic E-state index is -0.579. The SMILES string of the molecule is C=CCOC(=O)C(CC)N(N)N.[NaH]. The number of esters is 1. The van der Waals surface area contributed by atoms with Crippen molar-refractivity contribution in [3.05, 3.63) is 12.7 Å². The number of nitrogens with two attached hydrogens (primary N) is 2. The van der Waals surface area contributed by atoms with Gasteiger partial charge in [0.2, 0.25) is 0 Å². The van der Waals surface area contributed by atoms with Gasteiger partial charge >= 0.3 is 35.5 Å². The van der Waals surface area contributed by atoms with E-state index < -0.39 is 12.0 Å². The van der Waals surface area contributed by atoms with Crippen molar-refractivity contribution in [3.8, 4) is 0 Å². The fourth-order valence-corrected chi connectivity index (χ4v) is 0.736. The van der Waals surface area contributed by atoms with Crippen LogP contribution < -0.4 is 11.7 Å². The van der Waals surface area contributed by atoms with Gasteiger partial charge in [0.15, 0.2) is 0 Å². The summed E-state index contributed by atoms with van der Waals surface area (Å²) in [6.45, 7) is 5.39. The van der Waals surface area contributed by atoms with Gasteiger partial charge in [-0.2, -0.15) is 5.12 Å². The molecule has 0 saturated carbocycles. The van der Waals surface area contributed by atoms with Gasteiger partial charge in [-0.3, -0.25) is 16.5 Å². The van der Waals surface area contributed by atoms with E-state index in [1.54, 1.807) is 6.92 Å². The van der Waals surface area contributed by atoms with E-state index >= 15 is 0 Å². The second kappa shape index (κ2) is 8.68. The monoisotopic (exact) mass is 197 g/mol. The van der Waals surface area contributed by atoms with Crippen LogP contribution in [0, 0.1) is 0 Å². The van der Waals surface area contributed by atoms with Crippen molar-refractivity contribution >= 4 is 35.5 Å². The summed E-state index contributed by atoms with van der Waals surface area (Å²) in [5.74, 6) is 9.98. The molecule has 0 radical (unpaired) electrons. The third-order valence-electron chi connectivity index (χ3n) is 1.36. The normalized spacial score (nSPS) is 11.7. The molecule has 0 aliphatic carbocycles. The van der Waals surface area contributed by atoms with E-state index in [9.17, 15) is 4.79 Å². The van der Waals surface area contributed by atoms with E-state index in [1.165, 1.54) is 6.08 Å². The maximum atomic E-state index is 11.1. The van der Waals surface area contributed by atoms with Crippen molar-refractivity contribution in [2.45, 2.75) is 19.4 Å². The Morgan fingerprint density at radius 2 is 2.23 bits per heavy atom. The van der Waals surface area contributed by atoms with E-state index in [-0.39, 0.29) is 36.2 Å². The predicted octanol–water partition coefficient (Wildman–Crippen LogP) is -1.10. The first-order valence-electron chi connectivity index (χ1n) is 3.69. The fourth-order valence-electron chi connectivity index (χ4n) is 0.736. The van der Waals surface area contributed by atoms with Crippen LogP contribution >= 0.6 is 0 Å². The molecule has 72 valence electrons. The van der Waals surface area contributed by atoms with Gasteiger partial charge in [0, 0.05) is 0 Å². The second-order valence-electron chi connectivity index (χ2n) is 2.29. The van der Waals surface area contributed by atoms with Crippen LogP contribution in [0.25, 0.3) is 0 Å². The molecule has 1 atom stereocenters. The number of hydrogen-bond acceptors (Lipinski definition) is 5. The van der Waals surface area contributed by atoms with Crippen molar-refractivity contribution in [2.24, 2.45) is 11.7 Å². The Bertz CT molecular complexity index is 164. The molecule has 0 aromatic rings. The van der Waals surface area contributed by atoms with Crippen LogP contribution in [0.3, 0.4) is 0 Å². The molecule has 13 heavy (non-hydrogen) atoms. The van der Waals surface area contributed by atoms with E-state index in [2.05, 4.69) is 6.58 Å². The van der Waals surface area contributed by atoms with Crippen LogP contribution in [0.2, 0.25) is 0 Å². The third-order valence-corrected chi connectivity index (χ3v) is 1.36. The summed E-state index contributed by atoms with van der Waals surface area (Å²) in [5.41, 5.74) is 0. The molecule has 0 rings (SSSR count). The number of carbonyl (C=O) groups is 1. The van der Waals surface area contributed by atoms with E-state index in [1.807, 2.05) is 0 Å². The quantitative estimate of drug-likeness (QED) is 0.192. The van der Waals surface area contributed by atoms with Gasteiger partial charge in [0.1, 0.15) is 12.6 Å². The van der Waals surface area contributed by atoms with Crippen LogP contribution in [0.5, 0.6) is 0 Å². The summed E-state index contributed by atoms with van der Waals surface area (Å²) >= 11 is 0. The standard InChI is InChI=1S/C7H15N3O2.Na.H/c1-3-5-12-7(11)6(4-2)10(8)9;;/h3,6H,1,4-5,8-9H2,2H3;;. The summed E-state index contributed by atoms with van der Waals surface area (Å²) in [5, 5.41) is 0.853. The van der Waals surface area contributed by atoms with Crippen LogP contribution in [-0.4, -0.2) is 53.3 Å². The zero-order chi connectivity index (χ0) is 9.56. The molecule has 0 aromatic carbocycles. The summed E-state index contributed by atoms with van der Waals surface area (Å²) in [7, 11) is 0. The average molecular weight is 197 g/mol. The first kappa shape index (κ1) is 15.6. The minimum absolute atomic E-state index is 0. The molecule has 6 heteroatoms. The summed E-state index contributed by atoms with van der Waals surface area (Å²) < 4.78 is 4.75. The molecule has 0 spiro atoms. The third kappa shape index (κ3) is 6.20.